The van der Waals surface area contributed by atoms with E-state index in [-0.39, 0.29) is 36.8 Å². The number of para-hydroxylation sites is 1. The van der Waals surface area contributed by atoms with Crippen LogP contribution in [0, 0.1) is 5.92 Å². The molecule has 29 heavy (non-hydrogen) atoms. The fraction of sp³-hybridized carbons (Fsp3) is 0.286. The van der Waals surface area contributed by atoms with Crippen LogP contribution in [-0.4, -0.2) is 42.8 Å². The molecule has 0 atom stereocenters. The van der Waals surface area contributed by atoms with Crippen LogP contribution in [0.1, 0.15) is 12.8 Å². The summed E-state index contributed by atoms with van der Waals surface area (Å²) >= 11 is 6.01. The minimum atomic E-state index is -0.362. The summed E-state index contributed by atoms with van der Waals surface area (Å²) < 4.78 is 5.51. The lowest BCUT2D eigenvalue weighted by molar-refractivity contribution is -0.135. The Hall–Kier alpha value is -3.06. The van der Waals surface area contributed by atoms with Gasteiger partial charge in [0.25, 0.3) is 5.91 Å². The first-order valence-electron chi connectivity index (χ1n) is 9.24. The lowest BCUT2D eigenvalue weighted by Gasteiger charge is -2.17. The molecule has 8 heteroatoms. The molecule has 0 saturated heterocycles. The summed E-state index contributed by atoms with van der Waals surface area (Å²) in [6.07, 6.45) is 1.85. The summed E-state index contributed by atoms with van der Waals surface area (Å²) in [6.45, 7) is -0.360. The molecular weight excluding hydrogens is 394 g/mol. The van der Waals surface area contributed by atoms with Crippen LogP contribution in [0.25, 0.3) is 0 Å². The largest absolute Gasteiger partial charge is 0.484 e. The fourth-order valence-corrected chi connectivity index (χ4v) is 2.75. The van der Waals surface area contributed by atoms with Crippen LogP contribution in [-0.2, 0) is 14.4 Å². The van der Waals surface area contributed by atoms with Gasteiger partial charge in [0.2, 0.25) is 11.8 Å². The van der Waals surface area contributed by atoms with Gasteiger partial charge in [0, 0.05) is 24.7 Å². The lowest BCUT2D eigenvalue weighted by atomic mass is 10.3. The van der Waals surface area contributed by atoms with E-state index in [9.17, 15) is 14.4 Å². The van der Waals surface area contributed by atoms with Crippen LogP contribution in [0.4, 0.5) is 11.4 Å². The molecule has 1 aliphatic rings. The maximum atomic E-state index is 12.3. The van der Waals surface area contributed by atoms with Crippen molar-refractivity contribution in [3.05, 3.63) is 53.6 Å². The molecule has 0 radical (unpaired) electrons. The normalized spacial score (nSPS) is 12.8. The van der Waals surface area contributed by atoms with Crippen LogP contribution >= 0.6 is 11.6 Å². The van der Waals surface area contributed by atoms with Crippen molar-refractivity contribution in [2.24, 2.45) is 5.92 Å². The molecule has 3 rings (SSSR count). The molecule has 0 heterocycles. The molecule has 0 aliphatic heterocycles. The highest BCUT2D eigenvalue weighted by Gasteiger charge is 2.29. The van der Waals surface area contributed by atoms with E-state index in [1.165, 1.54) is 11.9 Å². The fourth-order valence-electron chi connectivity index (χ4n) is 2.56. The molecule has 7 nitrogen and oxygen atoms in total. The number of ether oxygens (including phenoxy) is 1. The third kappa shape index (κ3) is 6.22. The monoisotopic (exact) mass is 415 g/mol. The highest BCUT2D eigenvalue weighted by molar-refractivity contribution is 6.33. The summed E-state index contributed by atoms with van der Waals surface area (Å²) in [5, 5.41) is 5.92. The van der Waals surface area contributed by atoms with Crippen molar-refractivity contribution in [1.29, 1.82) is 0 Å². The average molecular weight is 416 g/mol. The number of nitrogens with one attached hydrogen (secondary N) is 2. The highest BCUT2D eigenvalue weighted by atomic mass is 35.5. The second-order valence-electron chi connectivity index (χ2n) is 6.86. The maximum absolute atomic E-state index is 12.3. The van der Waals surface area contributed by atoms with Gasteiger partial charge in [-0.3, -0.25) is 14.4 Å². The molecule has 1 saturated carbocycles. The van der Waals surface area contributed by atoms with Gasteiger partial charge >= 0.3 is 0 Å². The van der Waals surface area contributed by atoms with Gasteiger partial charge in [-0.25, -0.2) is 0 Å². The van der Waals surface area contributed by atoms with E-state index < -0.39 is 0 Å². The third-order valence-corrected chi connectivity index (χ3v) is 4.70. The van der Waals surface area contributed by atoms with E-state index in [1.807, 2.05) is 0 Å². The summed E-state index contributed by atoms with van der Waals surface area (Å²) in [4.78, 5) is 37.5. The number of likely N-dealkylation sites (N-methyl/N-ethyl adjacent to an activating group) is 1. The topological polar surface area (TPSA) is 87.7 Å². The van der Waals surface area contributed by atoms with Crippen LogP contribution in [0.3, 0.4) is 0 Å². The number of rotatable bonds is 8. The molecule has 2 aromatic rings. The number of anilines is 2. The van der Waals surface area contributed by atoms with Crippen molar-refractivity contribution >= 4 is 40.7 Å². The Morgan fingerprint density at radius 2 is 1.86 bits per heavy atom. The smallest absolute Gasteiger partial charge is 0.260 e. The number of amides is 3. The van der Waals surface area contributed by atoms with E-state index in [0.717, 1.165) is 12.8 Å². The molecule has 0 aromatic heterocycles. The van der Waals surface area contributed by atoms with Crippen molar-refractivity contribution in [3.63, 3.8) is 0 Å². The van der Waals surface area contributed by atoms with Crippen molar-refractivity contribution in [2.75, 3.05) is 30.8 Å². The minimum Gasteiger partial charge on any atom is -0.484 e. The molecule has 2 N–H and O–H groups in total. The Balaban J connectivity index is 1.46. The van der Waals surface area contributed by atoms with E-state index in [1.54, 1.807) is 48.5 Å². The average Bonchev–Trinajstić information content (AvgIpc) is 3.53. The number of benzene rings is 2. The van der Waals surface area contributed by atoms with Crippen LogP contribution in [0.5, 0.6) is 5.75 Å². The standard InChI is InChI=1S/C21H22ClN3O4/c1-25(12-19(26)24-18-8-3-2-7-17(18)22)20(27)13-29-16-6-4-5-15(11-16)23-21(28)14-9-10-14/h2-8,11,14H,9-10,12-13H2,1H3,(H,23,28)(H,24,26). The zero-order valence-electron chi connectivity index (χ0n) is 16.0. The van der Waals surface area contributed by atoms with Gasteiger partial charge in [-0.15, -0.1) is 0 Å². The van der Waals surface area contributed by atoms with E-state index in [4.69, 9.17) is 16.3 Å². The Labute approximate surface area is 174 Å². The van der Waals surface area contributed by atoms with Crippen molar-refractivity contribution in [3.8, 4) is 5.75 Å². The molecule has 0 bridgehead atoms. The van der Waals surface area contributed by atoms with Gasteiger partial charge in [-0.2, -0.15) is 0 Å². The zero-order valence-corrected chi connectivity index (χ0v) is 16.7. The van der Waals surface area contributed by atoms with Gasteiger partial charge in [0.1, 0.15) is 5.75 Å². The second-order valence-corrected chi connectivity index (χ2v) is 7.27. The van der Waals surface area contributed by atoms with Crippen molar-refractivity contribution in [2.45, 2.75) is 12.8 Å². The molecular formula is C21H22ClN3O4. The first-order chi connectivity index (χ1) is 13.9. The highest BCUT2D eigenvalue weighted by Crippen LogP contribution is 2.30. The van der Waals surface area contributed by atoms with E-state index in [0.29, 0.717) is 22.1 Å². The van der Waals surface area contributed by atoms with Gasteiger partial charge in [0.15, 0.2) is 6.61 Å². The number of hydrogen-bond acceptors (Lipinski definition) is 4. The number of carbonyl (C=O) groups excluding carboxylic acids is 3. The molecule has 0 unspecified atom stereocenters. The first kappa shape index (κ1) is 20.7. The molecule has 0 spiro atoms. The van der Waals surface area contributed by atoms with Crippen LogP contribution < -0.4 is 15.4 Å². The summed E-state index contributed by atoms with van der Waals surface area (Å²) in [5.74, 6) is -0.152. The SMILES string of the molecule is CN(CC(=O)Nc1ccccc1Cl)C(=O)COc1cccc(NC(=O)C2CC2)c1. The summed E-state index contributed by atoms with van der Waals surface area (Å²) in [6, 6.07) is 13.7. The molecule has 1 fully saturated rings. The Kier molecular flexibility index (Phi) is 6.72. The van der Waals surface area contributed by atoms with Gasteiger partial charge in [-0.1, -0.05) is 29.8 Å². The Bertz CT molecular complexity index is 914. The third-order valence-electron chi connectivity index (χ3n) is 4.37. The zero-order chi connectivity index (χ0) is 20.8. The van der Waals surface area contributed by atoms with Crippen molar-refractivity contribution < 1.29 is 19.1 Å². The number of hydrogen-bond donors (Lipinski definition) is 2. The number of nitrogens with zero attached hydrogens (tertiary/aromatic N) is 1. The van der Waals surface area contributed by atoms with Gasteiger partial charge in [-0.05, 0) is 37.1 Å². The van der Waals surface area contributed by atoms with Crippen LogP contribution in [0.15, 0.2) is 48.5 Å². The van der Waals surface area contributed by atoms with E-state index in [2.05, 4.69) is 10.6 Å². The maximum Gasteiger partial charge on any atom is 0.260 e. The number of carbonyl (C=O) groups is 3. The molecule has 152 valence electrons. The van der Waals surface area contributed by atoms with Crippen molar-refractivity contribution in [1.82, 2.24) is 4.90 Å². The Morgan fingerprint density at radius 3 is 2.59 bits per heavy atom. The van der Waals surface area contributed by atoms with E-state index >= 15 is 0 Å². The second kappa shape index (κ2) is 9.43. The first-order valence-corrected chi connectivity index (χ1v) is 9.62. The molecule has 2 aromatic carbocycles. The molecule has 3 amide bonds. The quantitative estimate of drug-likeness (QED) is 0.693. The van der Waals surface area contributed by atoms with Gasteiger partial charge < -0.3 is 20.3 Å². The number of halogens is 1. The molecule has 1 aliphatic carbocycles. The lowest BCUT2D eigenvalue weighted by Crippen LogP contribution is -2.37. The minimum absolute atomic E-state index is 0.00231. The predicted molar refractivity (Wildman–Crippen MR) is 111 cm³/mol. The van der Waals surface area contributed by atoms with Gasteiger partial charge in [0.05, 0.1) is 17.3 Å². The predicted octanol–water partition coefficient (Wildman–Crippen LogP) is 3.16. The van der Waals surface area contributed by atoms with Crippen LogP contribution in [0.2, 0.25) is 5.02 Å². The summed E-state index contributed by atoms with van der Waals surface area (Å²) in [5.41, 5.74) is 1.11. The Morgan fingerprint density at radius 1 is 1.10 bits per heavy atom. The summed E-state index contributed by atoms with van der Waals surface area (Å²) in [7, 11) is 1.52.